The zero-order valence-corrected chi connectivity index (χ0v) is 14.2. The number of nitrogens with one attached hydrogen (secondary N) is 1. The Balaban J connectivity index is 2.56. The number of anilines is 1. The normalized spacial score (nSPS) is 12.2. The first kappa shape index (κ1) is 18.8. The van der Waals surface area contributed by atoms with E-state index < -0.39 is 38.4 Å². The molecule has 7 nitrogen and oxygen atoms in total. The largest absolute Gasteiger partial charge is 0.478 e. The van der Waals surface area contributed by atoms with E-state index in [1.165, 1.54) is 27.0 Å². The van der Waals surface area contributed by atoms with Gasteiger partial charge in [0.2, 0.25) is 0 Å². The van der Waals surface area contributed by atoms with Gasteiger partial charge in [-0.05, 0) is 31.0 Å². The Morgan fingerprint density at radius 3 is 2.40 bits per heavy atom. The van der Waals surface area contributed by atoms with E-state index in [1.54, 1.807) is 0 Å². The second kappa shape index (κ2) is 6.06. The Labute approximate surface area is 141 Å². The summed E-state index contributed by atoms with van der Waals surface area (Å²) in [5.74, 6) is -1.33. The summed E-state index contributed by atoms with van der Waals surface area (Å²) in [5.41, 5.74) is -2.09. The highest BCUT2D eigenvalue weighted by Gasteiger charge is 2.38. The van der Waals surface area contributed by atoms with Gasteiger partial charge in [-0.2, -0.15) is 18.3 Å². The predicted molar refractivity (Wildman–Crippen MR) is 81.9 cm³/mol. The van der Waals surface area contributed by atoms with Gasteiger partial charge in [-0.15, -0.1) is 0 Å². The molecule has 0 aliphatic carbocycles. The van der Waals surface area contributed by atoms with Crippen LogP contribution in [0.2, 0.25) is 0 Å². The first-order valence-corrected chi connectivity index (χ1v) is 8.30. The van der Waals surface area contributed by atoms with Gasteiger partial charge in [0.15, 0.2) is 5.69 Å². The molecule has 0 bridgehead atoms. The number of carboxylic acids is 1. The van der Waals surface area contributed by atoms with Crippen molar-refractivity contribution in [3.8, 4) is 0 Å². The first-order chi connectivity index (χ1) is 11.3. The molecule has 0 unspecified atom stereocenters. The Morgan fingerprint density at radius 1 is 1.28 bits per heavy atom. The highest BCUT2D eigenvalue weighted by Crippen LogP contribution is 2.34. The molecule has 25 heavy (non-hydrogen) atoms. The van der Waals surface area contributed by atoms with Gasteiger partial charge in [0.1, 0.15) is 0 Å². The van der Waals surface area contributed by atoms with Crippen molar-refractivity contribution in [2.45, 2.75) is 24.9 Å². The van der Waals surface area contributed by atoms with Crippen molar-refractivity contribution in [2.75, 3.05) is 4.72 Å². The van der Waals surface area contributed by atoms with Crippen molar-refractivity contribution in [1.29, 1.82) is 0 Å². The molecular formula is C14H14F3N3O4S. The Bertz CT molecular complexity index is 949. The fourth-order valence-corrected chi connectivity index (χ4v) is 3.72. The molecule has 0 spiro atoms. The maximum Gasteiger partial charge on any atom is 0.437 e. The van der Waals surface area contributed by atoms with Crippen LogP contribution in [-0.4, -0.2) is 29.3 Å². The third-order valence-corrected chi connectivity index (χ3v) is 4.98. The van der Waals surface area contributed by atoms with Crippen molar-refractivity contribution in [3.05, 3.63) is 40.7 Å². The van der Waals surface area contributed by atoms with E-state index in [4.69, 9.17) is 0 Å². The number of benzene rings is 1. The van der Waals surface area contributed by atoms with Crippen molar-refractivity contribution >= 4 is 21.7 Å². The lowest BCUT2D eigenvalue weighted by molar-refractivity contribution is -0.140. The van der Waals surface area contributed by atoms with Gasteiger partial charge < -0.3 is 5.11 Å². The second-order valence-corrected chi connectivity index (χ2v) is 7.00. The molecule has 0 fully saturated rings. The minimum atomic E-state index is -4.85. The Kier molecular flexibility index (Phi) is 4.55. The summed E-state index contributed by atoms with van der Waals surface area (Å²) in [5, 5.41) is 12.4. The summed E-state index contributed by atoms with van der Waals surface area (Å²) < 4.78 is 66.5. The number of sulfonamides is 1. The standard InChI is InChI=1S/C14H14F3N3O4S/c1-7-4-5-10(8(2)11(7)13(21)22)25(23,24)19-9-6-20(3)18-12(9)14(15,16)17/h4-6,19H,1-3H3,(H,21,22). The zero-order valence-electron chi connectivity index (χ0n) is 13.3. The summed E-state index contributed by atoms with van der Waals surface area (Å²) in [7, 11) is -3.24. The van der Waals surface area contributed by atoms with E-state index in [2.05, 4.69) is 5.10 Å². The summed E-state index contributed by atoms with van der Waals surface area (Å²) >= 11 is 0. The number of carboxylic acid groups (broad SMARTS) is 1. The SMILES string of the molecule is Cc1ccc(S(=O)(=O)Nc2cn(C)nc2C(F)(F)F)c(C)c1C(=O)O. The zero-order chi connectivity index (χ0) is 19.2. The van der Waals surface area contributed by atoms with Gasteiger partial charge in [-0.3, -0.25) is 9.40 Å². The van der Waals surface area contributed by atoms with E-state index >= 15 is 0 Å². The van der Waals surface area contributed by atoms with Crippen LogP contribution in [0.5, 0.6) is 0 Å². The smallest absolute Gasteiger partial charge is 0.437 e. The van der Waals surface area contributed by atoms with Crippen LogP contribution < -0.4 is 4.72 Å². The van der Waals surface area contributed by atoms with Crippen molar-refractivity contribution in [3.63, 3.8) is 0 Å². The fourth-order valence-electron chi connectivity index (χ4n) is 2.42. The molecule has 0 atom stereocenters. The molecule has 2 rings (SSSR count). The maximum atomic E-state index is 13.0. The van der Waals surface area contributed by atoms with Gasteiger partial charge in [-0.25, -0.2) is 13.2 Å². The van der Waals surface area contributed by atoms with Gasteiger partial charge in [-0.1, -0.05) is 6.07 Å². The van der Waals surface area contributed by atoms with Crippen LogP contribution in [0.1, 0.15) is 27.2 Å². The highest BCUT2D eigenvalue weighted by molar-refractivity contribution is 7.92. The summed E-state index contributed by atoms with van der Waals surface area (Å²) in [6.45, 7) is 2.77. The van der Waals surface area contributed by atoms with Crippen LogP contribution in [-0.2, 0) is 23.2 Å². The number of rotatable bonds is 4. The lowest BCUT2D eigenvalue weighted by atomic mass is 10.0. The van der Waals surface area contributed by atoms with E-state index in [-0.39, 0.29) is 11.1 Å². The highest BCUT2D eigenvalue weighted by atomic mass is 32.2. The average Bonchev–Trinajstić information content (AvgIpc) is 2.77. The molecule has 0 saturated carbocycles. The molecule has 2 aromatic rings. The molecule has 1 aromatic heterocycles. The Morgan fingerprint density at radius 2 is 1.88 bits per heavy atom. The van der Waals surface area contributed by atoms with Crippen LogP contribution in [0.4, 0.5) is 18.9 Å². The number of aromatic nitrogens is 2. The minimum Gasteiger partial charge on any atom is -0.478 e. The first-order valence-electron chi connectivity index (χ1n) is 6.81. The van der Waals surface area contributed by atoms with E-state index in [0.29, 0.717) is 5.56 Å². The van der Waals surface area contributed by atoms with Gasteiger partial charge in [0.05, 0.1) is 16.1 Å². The van der Waals surface area contributed by atoms with Crippen LogP contribution in [0.15, 0.2) is 23.2 Å². The molecular weight excluding hydrogens is 363 g/mol. The predicted octanol–water partition coefficient (Wildman–Crippen LogP) is 2.55. The van der Waals surface area contributed by atoms with Crippen molar-refractivity contribution < 1.29 is 31.5 Å². The number of carbonyl (C=O) groups is 1. The molecule has 136 valence electrons. The molecule has 1 heterocycles. The molecule has 0 amide bonds. The van der Waals surface area contributed by atoms with Crippen molar-refractivity contribution in [1.82, 2.24) is 9.78 Å². The molecule has 11 heteroatoms. The number of aromatic carboxylic acids is 1. The molecule has 2 N–H and O–H groups in total. The van der Waals surface area contributed by atoms with E-state index in [9.17, 15) is 31.5 Å². The molecule has 0 aliphatic heterocycles. The average molecular weight is 377 g/mol. The number of hydrogen-bond donors (Lipinski definition) is 2. The molecule has 0 radical (unpaired) electrons. The number of halogens is 3. The molecule has 0 aliphatic rings. The third-order valence-electron chi connectivity index (χ3n) is 3.47. The van der Waals surface area contributed by atoms with E-state index in [1.807, 2.05) is 4.72 Å². The molecule has 1 aromatic carbocycles. The van der Waals surface area contributed by atoms with Gasteiger partial charge in [0, 0.05) is 13.2 Å². The summed E-state index contributed by atoms with van der Waals surface area (Å²) in [4.78, 5) is 10.9. The minimum absolute atomic E-state index is 0.0718. The van der Waals surface area contributed by atoms with E-state index in [0.717, 1.165) is 16.9 Å². The van der Waals surface area contributed by atoms with Crippen LogP contribution in [0.25, 0.3) is 0 Å². The third kappa shape index (κ3) is 3.60. The topological polar surface area (TPSA) is 101 Å². The quantitative estimate of drug-likeness (QED) is 0.853. The van der Waals surface area contributed by atoms with Gasteiger partial charge in [0.25, 0.3) is 10.0 Å². The molecule has 0 saturated heterocycles. The summed E-state index contributed by atoms with van der Waals surface area (Å²) in [6, 6.07) is 2.42. The monoisotopic (exact) mass is 377 g/mol. The number of nitrogens with zero attached hydrogens (tertiary/aromatic N) is 2. The van der Waals surface area contributed by atoms with Crippen LogP contribution in [0, 0.1) is 13.8 Å². The number of hydrogen-bond acceptors (Lipinski definition) is 4. The van der Waals surface area contributed by atoms with Crippen LogP contribution in [0.3, 0.4) is 0 Å². The number of aryl methyl sites for hydroxylation is 2. The fraction of sp³-hybridized carbons (Fsp3) is 0.286. The lowest BCUT2D eigenvalue weighted by Crippen LogP contribution is -2.19. The summed E-state index contributed by atoms with van der Waals surface area (Å²) in [6.07, 6.45) is -3.98. The van der Waals surface area contributed by atoms with Gasteiger partial charge >= 0.3 is 12.1 Å². The second-order valence-electron chi connectivity index (χ2n) is 5.35. The van der Waals surface area contributed by atoms with Crippen LogP contribution >= 0.6 is 0 Å². The Hall–Kier alpha value is -2.56. The van der Waals surface area contributed by atoms with Crippen molar-refractivity contribution in [2.24, 2.45) is 7.05 Å². The lowest BCUT2D eigenvalue weighted by Gasteiger charge is -2.14. The number of alkyl halides is 3. The maximum absolute atomic E-state index is 13.0.